The SMILES string of the molecule is C#CCNC(=O)c1ccc(Cl)s1.Fc1ccc(Br)cn1.O=C(NCc1cn(-c2ccc(-n3ccccc3=O)cn2)nn1)c1ccc(Cl)s1.O=C(NCc1cn(-c2ccc(Br)cn2)nn1)c1ccc(Cl)s1.[N-]=[N+]=Nc1ccc(Br)cn1. The average molecular weight is 1390 g/mol. The molecule has 10 aromatic heterocycles. The predicted molar refractivity (Wildman–Crippen MR) is 316 cm³/mol. The fourth-order valence-electron chi connectivity index (χ4n) is 5.66. The summed E-state index contributed by atoms with van der Waals surface area (Å²) < 4.78 is 20.8. The second-order valence-electron chi connectivity index (χ2n) is 14.8. The van der Waals surface area contributed by atoms with Gasteiger partial charge in [-0.25, -0.2) is 24.3 Å². The van der Waals surface area contributed by atoms with Crippen molar-refractivity contribution in [2.24, 2.45) is 5.11 Å². The zero-order valence-electron chi connectivity index (χ0n) is 40.3. The van der Waals surface area contributed by atoms with E-state index in [9.17, 15) is 23.6 Å². The molecule has 3 amide bonds. The molecule has 0 saturated heterocycles. The van der Waals surface area contributed by atoms with Gasteiger partial charge in [0.2, 0.25) is 5.95 Å². The Kier molecular flexibility index (Phi) is 24.6. The minimum atomic E-state index is -0.451. The second kappa shape index (κ2) is 31.9. The number of aromatic nitrogens is 11. The van der Waals surface area contributed by atoms with Crippen molar-refractivity contribution in [1.29, 1.82) is 0 Å². The van der Waals surface area contributed by atoms with E-state index >= 15 is 0 Å². The molecule has 0 aliphatic rings. The first-order chi connectivity index (χ1) is 38.6. The van der Waals surface area contributed by atoms with Gasteiger partial charge in [-0.3, -0.25) is 28.7 Å². The molecule has 0 atom stereocenters. The van der Waals surface area contributed by atoms with Gasteiger partial charge in [-0.05, 0) is 149 Å². The summed E-state index contributed by atoms with van der Waals surface area (Å²) in [6.07, 6.45) is 16.3. The number of thiophene rings is 3. The standard InChI is InChI=1S/C18H13ClN6O2S.C13H9BrClN5OS.C8H6ClNOS.C5H3BrFN.C5H3BrN4/c19-15-6-5-14(28-15)18(27)21-9-12-11-25(23-22-12)16-7-4-13(10-20-16)24-8-2-1-3-17(24)26;14-8-1-4-12(16-5-8)20-7-9(18-19-20)6-17-13(21)10-2-3-11(15)22-10;1-2-5-10-8(11)6-3-4-7(9)12-6;6-4-1-2-5(7)8-3-4;6-4-1-2-5(8-3-4)9-10-7/h1-8,10-11H,9H2,(H,21,27);1-5,7H,6H2,(H,17,21);1,3-4H,5H2,(H,10,11);1-3H;1-3H. The van der Waals surface area contributed by atoms with Crippen molar-refractivity contribution in [2.75, 3.05) is 6.54 Å². The zero-order chi connectivity index (χ0) is 57.4. The molecule has 0 fully saturated rings. The fourth-order valence-corrected chi connectivity index (χ4v) is 9.24. The molecule has 0 aromatic carbocycles. The summed E-state index contributed by atoms with van der Waals surface area (Å²) in [5.74, 6) is 2.86. The van der Waals surface area contributed by atoms with Gasteiger partial charge in [0.1, 0.15) is 17.2 Å². The summed E-state index contributed by atoms with van der Waals surface area (Å²) in [5.41, 5.74) is 9.73. The van der Waals surface area contributed by atoms with Gasteiger partial charge in [0, 0.05) is 49.2 Å². The Morgan fingerprint density at radius 3 is 1.52 bits per heavy atom. The van der Waals surface area contributed by atoms with Crippen LogP contribution in [0.25, 0.3) is 27.8 Å². The lowest BCUT2D eigenvalue weighted by Gasteiger charge is -2.05. The Bertz CT molecular complexity index is 3770. The predicted octanol–water partition coefficient (Wildman–Crippen LogP) is 12.1. The molecule has 0 aliphatic heterocycles. The molecule has 10 rings (SSSR count). The molecule has 0 radical (unpaired) electrons. The summed E-state index contributed by atoms with van der Waals surface area (Å²) in [6, 6.07) is 28.5. The lowest BCUT2D eigenvalue weighted by Crippen LogP contribution is -2.22. The Hall–Kier alpha value is -7.55. The number of hydrogen-bond acceptors (Lipinski definition) is 16. The molecule has 80 heavy (non-hydrogen) atoms. The smallest absolute Gasteiger partial charge is 0.262 e. The Labute approximate surface area is 505 Å². The van der Waals surface area contributed by atoms with Crippen molar-refractivity contribution < 1.29 is 18.8 Å². The Morgan fingerprint density at radius 1 is 0.637 bits per heavy atom. The monoisotopic (exact) mass is 1380 g/mol. The normalized spacial score (nSPS) is 10.0. The van der Waals surface area contributed by atoms with Crippen molar-refractivity contribution >= 4 is 140 Å². The van der Waals surface area contributed by atoms with E-state index in [4.69, 9.17) is 46.8 Å². The van der Waals surface area contributed by atoms with E-state index in [1.165, 1.54) is 61.6 Å². The van der Waals surface area contributed by atoms with E-state index < -0.39 is 5.95 Å². The van der Waals surface area contributed by atoms with Crippen LogP contribution in [-0.4, -0.2) is 78.8 Å². The number of nitrogens with one attached hydrogen (secondary N) is 3. The third-order valence-corrected chi connectivity index (χ3v) is 14.3. The number of rotatable bonds is 12. The lowest BCUT2D eigenvalue weighted by atomic mass is 10.3. The van der Waals surface area contributed by atoms with Crippen molar-refractivity contribution in [3.05, 3.63) is 226 Å². The molecule has 0 aliphatic carbocycles. The van der Waals surface area contributed by atoms with Crippen LogP contribution in [-0.2, 0) is 13.1 Å². The molecular weight excluding hydrogens is 1350 g/mol. The highest BCUT2D eigenvalue weighted by Gasteiger charge is 2.13. The molecule has 21 nitrogen and oxygen atoms in total. The van der Waals surface area contributed by atoms with Crippen molar-refractivity contribution in [3.63, 3.8) is 0 Å². The van der Waals surface area contributed by atoms with Gasteiger partial charge < -0.3 is 16.0 Å². The molecule has 31 heteroatoms. The van der Waals surface area contributed by atoms with Gasteiger partial charge in [-0.2, -0.15) is 4.39 Å². The van der Waals surface area contributed by atoms with Gasteiger partial charge in [-0.15, -0.1) is 50.6 Å². The summed E-state index contributed by atoms with van der Waals surface area (Å²) in [5, 5.41) is 27.4. The largest absolute Gasteiger partial charge is 0.346 e. The molecule has 0 saturated carbocycles. The van der Waals surface area contributed by atoms with Crippen LogP contribution in [0.5, 0.6) is 0 Å². The molecule has 10 aromatic rings. The Balaban J connectivity index is 0.000000175. The first-order valence-electron chi connectivity index (χ1n) is 22.1. The molecule has 0 spiro atoms. The minimum Gasteiger partial charge on any atom is -0.346 e. The number of pyridine rings is 5. The molecular formula is C49H34Br3Cl3FN17O4S3. The first kappa shape index (κ1) is 61.7. The summed E-state index contributed by atoms with van der Waals surface area (Å²) in [4.78, 5) is 67.0. The van der Waals surface area contributed by atoms with E-state index in [0.717, 1.165) is 13.4 Å². The highest BCUT2D eigenvalue weighted by molar-refractivity contribution is 9.11. The molecule has 0 bridgehead atoms. The van der Waals surface area contributed by atoms with Gasteiger partial charge >= 0.3 is 0 Å². The van der Waals surface area contributed by atoms with Gasteiger partial charge in [0.25, 0.3) is 23.3 Å². The third-order valence-electron chi connectivity index (χ3n) is 9.25. The van der Waals surface area contributed by atoms with Gasteiger partial charge in [0.15, 0.2) is 11.6 Å². The zero-order valence-corrected chi connectivity index (χ0v) is 49.8. The molecule has 0 unspecified atom stereocenters. The maximum atomic E-state index is 12.1. The van der Waals surface area contributed by atoms with Crippen LogP contribution in [0.1, 0.15) is 40.4 Å². The molecule has 10 heterocycles. The van der Waals surface area contributed by atoms with Crippen LogP contribution in [0.2, 0.25) is 13.0 Å². The van der Waals surface area contributed by atoms with E-state index in [0.29, 0.717) is 62.2 Å². The van der Waals surface area contributed by atoms with Crippen molar-refractivity contribution in [1.82, 2.24) is 70.4 Å². The number of carbonyl (C=O) groups excluding carboxylic acids is 3. The lowest BCUT2D eigenvalue weighted by molar-refractivity contribution is 0.0946. The van der Waals surface area contributed by atoms with Gasteiger partial charge in [-0.1, -0.05) is 57.2 Å². The number of nitrogens with zero attached hydrogens (tertiary/aromatic N) is 14. The van der Waals surface area contributed by atoms with Gasteiger partial charge in [0.05, 0.1) is 71.6 Å². The average Bonchev–Trinajstić information content (AvgIpc) is 4.36. The minimum absolute atomic E-state index is 0.136. The summed E-state index contributed by atoms with van der Waals surface area (Å²) in [7, 11) is 0. The van der Waals surface area contributed by atoms with E-state index in [-0.39, 0.29) is 42.9 Å². The van der Waals surface area contributed by atoms with Crippen LogP contribution in [0.4, 0.5) is 10.2 Å². The highest BCUT2D eigenvalue weighted by atomic mass is 79.9. The first-order valence-corrected chi connectivity index (χ1v) is 28.1. The number of carbonyl (C=O) groups is 3. The third kappa shape index (κ3) is 20.3. The van der Waals surface area contributed by atoms with Crippen LogP contribution < -0.4 is 21.5 Å². The Morgan fingerprint density at radius 2 is 1.12 bits per heavy atom. The van der Waals surface area contributed by atoms with Crippen LogP contribution >= 0.6 is 117 Å². The van der Waals surface area contributed by atoms with Crippen molar-refractivity contribution in [2.45, 2.75) is 13.1 Å². The van der Waals surface area contributed by atoms with Crippen molar-refractivity contribution in [3.8, 4) is 29.7 Å². The highest BCUT2D eigenvalue weighted by Crippen LogP contribution is 2.23. The summed E-state index contributed by atoms with van der Waals surface area (Å²) in [6.45, 7) is 0.755. The summed E-state index contributed by atoms with van der Waals surface area (Å²) >= 11 is 30.6. The molecule has 406 valence electrons. The number of halogens is 7. The topological polar surface area (TPSA) is 271 Å². The number of terminal acetylenes is 1. The number of azide groups is 1. The number of hydrogen-bond donors (Lipinski definition) is 3. The second-order valence-corrected chi connectivity index (χ2v) is 22.7. The van der Waals surface area contributed by atoms with Crippen LogP contribution in [0, 0.1) is 18.3 Å². The maximum Gasteiger partial charge on any atom is 0.262 e. The number of amides is 3. The van der Waals surface area contributed by atoms with Crippen LogP contribution in [0.3, 0.4) is 0 Å². The quantitative estimate of drug-likeness (QED) is 0.0339. The fraction of sp³-hybridized carbons (Fsp3) is 0.0612. The maximum absolute atomic E-state index is 12.1. The van der Waals surface area contributed by atoms with E-state index in [1.807, 2.05) is 12.1 Å². The van der Waals surface area contributed by atoms with E-state index in [2.05, 4.69) is 120 Å². The molecule has 3 N–H and O–H groups in total. The van der Waals surface area contributed by atoms with E-state index in [1.54, 1.807) is 121 Å². The van der Waals surface area contributed by atoms with Crippen LogP contribution in [0.15, 0.2) is 170 Å².